The largest absolute Gasteiger partial charge is 0.383 e. The summed E-state index contributed by atoms with van der Waals surface area (Å²) >= 11 is 0. The van der Waals surface area contributed by atoms with Gasteiger partial charge in [0.05, 0.1) is 18.1 Å². The fourth-order valence-corrected chi connectivity index (χ4v) is 4.45. The minimum Gasteiger partial charge on any atom is -0.383 e. The van der Waals surface area contributed by atoms with Crippen molar-refractivity contribution in [1.29, 1.82) is 0 Å². The van der Waals surface area contributed by atoms with Gasteiger partial charge in [-0.25, -0.2) is 13.6 Å². The molecule has 0 saturated carbocycles. The van der Waals surface area contributed by atoms with Crippen molar-refractivity contribution in [2.75, 3.05) is 31.8 Å². The highest BCUT2D eigenvalue weighted by atomic mass is 32.2. The van der Waals surface area contributed by atoms with Crippen molar-refractivity contribution in [3.05, 3.63) is 0 Å². The first-order chi connectivity index (χ1) is 7.26. The molecule has 2 N–H and O–H groups in total. The van der Waals surface area contributed by atoms with Crippen molar-refractivity contribution in [1.82, 2.24) is 4.31 Å². The summed E-state index contributed by atoms with van der Waals surface area (Å²) in [5.41, 5.74) is 0. The van der Waals surface area contributed by atoms with Crippen molar-refractivity contribution in [3.8, 4) is 0 Å². The Labute approximate surface area is 95.7 Å². The van der Waals surface area contributed by atoms with E-state index in [0.717, 1.165) is 4.31 Å². The number of rotatable bonds is 5. The Morgan fingerprint density at radius 1 is 1.50 bits per heavy atom. The van der Waals surface area contributed by atoms with Crippen LogP contribution < -0.4 is 5.14 Å². The maximum absolute atomic E-state index is 11.3. The number of nitrogens with zero attached hydrogens (tertiary/aromatic N) is 1. The topological polar surface area (TPSA) is 107 Å². The molecule has 0 aromatic rings. The van der Waals surface area contributed by atoms with Gasteiger partial charge in [-0.3, -0.25) is 0 Å². The van der Waals surface area contributed by atoms with Gasteiger partial charge >= 0.3 is 0 Å². The summed E-state index contributed by atoms with van der Waals surface area (Å²) in [7, 11) is -5.57. The molecule has 9 heteroatoms. The molecule has 0 bridgehead atoms. The van der Waals surface area contributed by atoms with Crippen LogP contribution in [-0.2, 0) is 24.8 Å². The van der Waals surface area contributed by atoms with Crippen LogP contribution in [0.2, 0.25) is 0 Å². The average molecular weight is 272 g/mol. The third kappa shape index (κ3) is 3.67. The molecule has 16 heavy (non-hydrogen) atoms. The summed E-state index contributed by atoms with van der Waals surface area (Å²) < 4.78 is 50.9. The number of sulfone groups is 1. The summed E-state index contributed by atoms with van der Waals surface area (Å²) in [4.78, 5) is 0. The van der Waals surface area contributed by atoms with E-state index in [4.69, 9.17) is 9.88 Å². The fraction of sp³-hybridized carbons (Fsp3) is 1.00. The van der Waals surface area contributed by atoms with Gasteiger partial charge in [-0.15, -0.1) is 0 Å². The first kappa shape index (κ1) is 13.8. The van der Waals surface area contributed by atoms with Crippen LogP contribution in [0.25, 0.3) is 0 Å². The third-order valence-electron chi connectivity index (χ3n) is 2.46. The standard InChI is InChI=1S/C7H16N2O5S2/c1-14-4-3-9(16(8,12)13)7-2-5-15(10,11)6-7/h7H,2-6H2,1H3,(H2,8,12,13). The predicted octanol–water partition coefficient (Wildman–Crippen LogP) is -1.67. The molecule has 0 aromatic heterocycles. The first-order valence-corrected chi connectivity index (χ1v) is 8.07. The van der Waals surface area contributed by atoms with E-state index in [2.05, 4.69) is 0 Å². The van der Waals surface area contributed by atoms with E-state index in [0.29, 0.717) is 6.42 Å². The van der Waals surface area contributed by atoms with Crippen molar-refractivity contribution in [3.63, 3.8) is 0 Å². The Balaban J connectivity index is 2.79. The van der Waals surface area contributed by atoms with Gasteiger partial charge in [0.1, 0.15) is 0 Å². The van der Waals surface area contributed by atoms with Gasteiger partial charge in [-0.1, -0.05) is 0 Å². The lowest BCUT2D eigenvalue weighted by Gasteiger charge is -2.24. The molecular weight excluding hydrogens is 256 g/mol. The molecule has 0 radical (unpaired) electrons. The minimum atomic E-state index is -3.88. The number of ether oxygens (including phenoxy) is 1. The first-order valence-electron chi connectivity index (χ1n) is 4.75. The summed E-state index contributed by atoms with van der Waals surface area (Å²) in [6.45, 7) is 0.266. The van der Waals surface area contributed by atoms with E-state index in [1.54, 1.807) is 0 Å². The van der Waals surface area contributed by atoms with Gasteiger partial charge in [0, 0.05) is 19.7 Å². The normalized spacial score (nSPS) is 25.1. The lowest BCUT2D eigenvalue weighted by atomic mass is 10.3. The second-order valence-corrected chi connectivity index (χ2v) is 7.43. The zero-order valence-electron chi connectivity index (χ0n) is 9.00. The lowest BCUT2D eigenvalue weighted by Crippen LogP contribution is -2.46. The van der Waals surface area contributed by atoms with E-state index in [1.807, 2.05) is 0 Å². The highest BCUT2D eigenvalue weighted by molar-refractivity contribution is 7.91. The zero-order chi connectivity index (χ0) is 12.4. The van der Waals surface area contributed by atoms with Crippen LogP contribution in [0.15, 0.2) is 0 Å². The molecule has 1 aliphatic heterocycles. The molecule has 0 spiro atoms. The maximum Gasteiger partial charge on any atom is 0.277 e. The number of hydrogen-bond acceptors (Lipinski definition) is 5. The van der Waals surface area contributed by atoms with E-state index < -0.39 is 26.1 Å². The van der Waals surface area contributed by atoms with Gasteiger partial charge < -0.3 is 4.74 Å². The summed E-state index contributed by atoms with van der Waals surface area (Å²) in [6.07, 6.45) is 0.294. The summed E-state index contributed by atoms with van der Waals surface area (Å²) in [6, 6.07) is -0.560. The minimum absolute atomic E-state index is 0.0106. The molecule has 1 aliphatic rings. The average Bonchev–Trinajstić information content (AvgIpc) is 2.44. The molecule has 7 nitrogen and oxygen atoms in total. The Hall–Kier alpha value is -0.220. The predicted molar refractivity (Wildman–Crippen MR) is 58.7 cm³/mol. The van der Waals surface area contributed by atoms with E-state index in [1.165, 1.54) is 7.11 Å². The molecular formula is C7H16N2O5S2. The van der Waals surface area contributed by atoms with Crippen LogP contribution >= 0.6 is 0 Å². The molecule has 1 fully saturated rings. The quantitative estimate of drug-likeness (QED) is 0.643. The smallest absolute Gasteiger partial charge is 0.277 e. The van der Waals surface area contributed by atoms with Crippen molar-refractivity contribution in [2.45, 2.75) is 12.5 Å². The van der Waals surface area contributed by atoms with E-state index >= 15 is 0 Å². The van der Waals surface area contributed by atoms with E-state index in [-0.39, 0.29) is 24.7 Å². The van der Waals surface area contributed by atoms with Gasteiger partial charge in [0.15, 0.2) is 9.84 Å². The molecule has 1 unspecified atom stereocenters. The molecule has 0 aromatic carbocycles. The monoisotopic (exact) mass is 272 g/mol. The van der Waals surface area contributed by atoms with Crippen molar-refractivity contribution < 1.29 is 21.6 Å². The SMILES string of the molecule is COCCN(C1CCS(=O)(=O)C1)S(N)(=O)=O. The highest BCUT2D eigenvalue weighted by Crippen LogP contribution is 2.19. The zero-order valence-corrected chi connectivity index (χ0v) is 10.6. The molecule has 1 saturated heterocycles. The Morgan fingerprint density at radius 3 is 2.50 bits per heavy atom. The molecule has 0 amide bonds. The van der Waals surface area contributed by atoms with Crippen LogP contribution in [0.5, 0.6) is 0 Å². The second-order valence-electron chi connectivity index (χ2n) is 3.71. The van der Waals surface area contributed by atoms with Gasteiger partial charge in [0.2, 0.25) is 0 Å². The van der Waals surface area contributed by atoms with Gasteiger partial charge in [-0.2, -0.15) is 12.7 Å². The number of nitrogens with two attached hydrogens (primary N) is 1. The summed E-state index contributed by atoms with van der Waals surface area (Å²) in [5.74, 6) is -0.149. The van der Waals surface area contributed by atoms with Crippen LogP contribution in [0.4, 0.5) is 0 Å². The van der Waals surface area contributed by atoms with Crippen molar-refractivity contribution in [2.24, 2.45) is 5.14 Å². The van der Waals surface area contributed by atoms with E-state index in [9.17, 15) is 16.8 Å². The van der Waals surface area contributed by atoms with Crippen LogP contribution in [0, 0.1) is 0 Å². The second kappa shape index (κ2) is 4.96. The van der Waals surface area contributed by atoms with Gasteiger partial charge in [-0.05, 0) is 6.42 Å². The third-order valence-corrected chi connectivity index (χ3v) is 5.34. The molecule has 1 atom stereocenters. The van der Waals surface area contributed by atoms with Crippen LogP contribution in [0.1, 0.15) is 6.42 Å². The Morgan fingerprint density at radius 2 is 2.12 bits per heavy atom. The molecule has 1 heterocycles. The molecule has 96 valence electrons. The Bertz CT molecular complexity index is 430. The summed E-state index contributed by atoms with van der Waals surface area (Å²) in [5, 5.41) is 5.04. The highest BCUT2D eigenvalue weighted by Gasteiger charge is 2.36. The molecule has 0 aliphatic carbocycles. The maximum atomic E-state index is 11.3. The van der Waals surface area contributed by atoms with Crippen LogP contribution in [-0.4, -0.2) is 58.9 Å². The molecule has 1 rings (SSSR count). The lowest BCUT2D eigenvalue weighted by molar-refractivity contribution is 0.169. The number of methoxy groups -OCH3 is 1. The van der Waals surface area contributed by atoms with Crippen molar-refractivity contribution >= 4 is 20.0 Å². The fourth-order valence-electron chi connectivity index (χ4n) is 1.70. The number of hydrogen-bond donors (Lipinski definition) is 1. The Kier molecular flexibility index (Phi) is 4.29. The van der Waals surface area contributed by atoms with Gasteiger partial charge in [0.25, 0.3) is 10.2 Å². The van der Waals surface area contributed by atoms with Crippen LogP contribution in [0.3, 0.4) is 0 Å².